The van der Waals surface area contributed by atoms with Gasteiger partial charge in [0.05, 0.1) is 0 Å². The number of methoxy groups -OCH3 is 1. The van der Waals surface area contributed by atoms with Gasteiger partial charge < -0.3 is 4.74 Å². The first-order valence-corrected chi connectivity index (χ1v) is 5.39. The van der Waals surface area contributed by atoms with Crippen LogP contribution in [-0.2, 0) is 16.0 Å². The molecule has 3 heteroatoms. The third-order valence-corrected chi connectivity index (χ3v) is 2.50. The Morgan fingerprint density at radius 3 is 2.81 bits per heavy atom. The quantitative estimate of drug-likeness (QED) is 0.694. The Morgan fingerprint density at radius 2 is 2.19 bits per heavy atom. The van der Waals surface area contributed by atoms with E-state index in [9.17, 15) is 9.18 Å². The fourth-order valence-corrected chi connectivity index (χ4v) is 1.57. The molecule has 0 N–H and O–H groups in total. The van der Waals surface area contributed by atoms with Crippen LogP contribution >= 0.6 is 0 Å². The van der Waals surface area contributed by atoms with E-state index in [4.69, 9.17) is 4.74 Å². The van der Waals surface area contributed by atoms with Crippen molar-refractivity contribution in [3.8, 4) is 0 Å². The van der Waals surface area contributed by atoms with Crippen LogP contribution in [-0.4, -0.2) is 19.5 Å². The molecule has 0 atom stereocenters. The van der Waals surface area contributed by atoms with Crippen LogP contribution in [0.25, 0.3) is 0 Å². The zero-order valence-electron chi connectivity index (χ0n) is 9.75. The predicted octanol–water partition coefficient (Wildman–Crippen LogP) is 2.67. The van der Waals surface area contributed by atoms with Gasteiger partial charge in [0.2, 0.25) is 0 Å². The van der Waals surface area contributed by atoms with Crippen molar-refractivity contribution in [3.63, 3.8) is 0 Å². The van der Waals surface area contributed by atoms with E-state index in [2.05, 4.69) is 0 Å². The molecule has 0 heterocycles. The Morgan fingerprint density at radius 1 is 1.44 bits per heavy atom. The normalized spacial score (nSPS) is 10.4. The van der Waals surface area contributed by atoms with Gasteiger partial charge in [-0.15, -0.1) is 0 Å². The summed E-state index contributed by atoms with van der Waals surface area (Å²) in [4.78, 5) is 11.6. The van der Waals surface area contributed by atoms with Gasteiger partial charge in [0, 0.05) is 26.6 Å². The maximum atomic E-state index is 12.8. The molecule has 2 nitrogen and oxygen atoms in total. The number of rotatable bonds is 6. The first-order chi connectivity index (χ1) is 7.63. The number of hydrogen-bond donors (Lipinski definition) is 0. The largest absolute Gasteiger partial charge is 0.385 e. The lowest BCUT2D eigenvalue weighted by atomic mass is 10.0. The van der Waals surface area contributed by atoms with Crippen LogP contribution in [0.1, 0.15) is 24.0 Å². The highest BCUT2D eigenvalue weighted by Gasteiger charge is 2.06. The molecule has 0 spiro atoms. The van der Waals surface area contributed by atoms with E-state index < -0.39 is 0 Å². The van der Waals surface area contributed by atoms with Gasteiger partial charge in [-0.1, -0.05) is 6.07 Å². The first kappa shape index (κ1) is 12.8. The molecule has 0 aromatic heterocycles. The smallest absolute Gasteiger partial charge is 0.137 e. The van der Waals surface area contributed by atoms with Crippen molar-refractivity contribution in [3.05, 3.63) is 35.1 Å². The molecule has 0 saturated heterocycles. The van der Waals surface area contributed by atoms with Crippen molar-refractivity contribution < 1.29 is 13.9 Å². The average Bonchev–Trinajstić information content (AvgIpc) is 2.23. The minimum atomic E-state index is -0.256. The topological polar surface area (TPSA) is 26.3 Å². The molecule has 0 aliphatic rings. The molecule has 1 rings (SSSR count). The standard InChI is InChI=1S/C13H17FO2/c1-10-8-12(14)6-5-11(10)9-13(15)4-3-7-16-2/h5-6,8H,3-4,7,9H2,1-2H3. The summed E-state index contributed by atoms with van der Waals surface area (Å²) in [6.07, 6.45) is 1.65. The Kier molecular flexibility index (Phi) is 5.12. The lowest BCUT2D eigenvalue weighted by Crippen LogP contribution is -2.05. The van der Waals surface area contributed by atoms with Crippen LogP contribution in [0.3, 0.4) is 0 Å². The Hall–Kier alpha value is -1.22. The fraction of sp³-hybridized carbons (Fsp3) is 0.462. The summed E-state index contributed by atoms with van der Waals surface area (Å²) in [6.45, 7) is 2.43. The number of Topliss-reactive ketones (excluding diaryl/α,β-unsaturated/α-hetero) is 1. The van der Waals surface area contributed by atoms with Crippen molar-refractivity contribution >= 4 is 5.78 Å². The summed E-state index contributed by atoms with van der Waals surface area (Å²) in [5, 5.41) is 0. The lowest BCUT2D eigenvalue weighted by molar-refractivity contribution is -0.118. The van der Waals surface area contributed by atoms with Gasteiger partial charge in [-0.2, -0.15) is 0 Å². The molecule has 1 aromatic carbocycles. The first-order valence-electron chi connectivity index (χ1n) is 5.39. The second-order valence-electron chi connectivity index (χ2n) is 3.88. The number of carbonyl (C=O) groups is 1. The Bertz CT molecular complexity index is 361. The zero-order valence-corrected chi connectivity index (χ0v) is 9.75. The van der Waals surface area contributed by atoms with Crippen LogP contribution < -0.4 is 0 Å². The molecule has 0 unspecified atom stereocenters. The number of halogens is 1. The minimum Gasteiger partial charge on any atom is -0.385 e. The predicted molar refractivity (Wildman–Crippen MR) is 61.0 cm³/mol. The summed E-state index contributed by atoms with van der Waals surface area (Å²) in [5.74, 6) is -0.0835. The summed E-state index contributed by atoms with van der Waals surface area (Å²) in [7, 11) is 1.62. The van der Waals surface area contributed by atoms with E-state index in [-0.39, 0.29) is 11.6 Å². The van der Waals surface area contributed by atoms with Gasteiger partial charge in [-0.05, 0) is 36.6 Å². The molecule has 0 aliphatic carbocycles. The summed E-state index contributed by atoms with van der Waals surface area (Å²) in [5.41, 5.74) is 1.74. The number of hydrogen-bond acceptors (Lipinski definition) is 2. The molecule has 0 saturated carbocycles. The van der Waals surface area contributed by atoms with Crippen LogP contribution in [0, 0.1) is 12.7 Å². The Balaban J connectivity index is 2.49. The highest BCUT2D eigenvalue weighted by Crippen LogP contribution is 2.12. The van der Waals surface area contributed by atoms with Crippen LogP contribution in [0.15, 0.2) is 18.2 Å². The molecule has 16 heavy (non-hydrogen) atoms. The molecule has 1 aromatic rings. The summed E-state index contributed by atoms with van der Waals surface area (Å²) < 4.78 is 17.7. The second kappa shape index (κ2) is 6.38. The number of benzene rings is 1. The van der Waals surface area contributed by atoms with E-state index >= 15 is 0 Å². The van der Waals surface area contributed by atoms with Gasteiger partial charge in [-0.3, -0.25) is 4.79 Å². The minimum absolute atomic E-state index is 0.173. The van der Waals surface area contributed by atoms with E-state index in [1.165, 1.54) is 12.1 Å². The van der Waals surface area contributed by atoms with Crippen molar-refractivity contribution in [2.45, 2.75) is 26.2 Å². The number of carbonyl (C=O) groups excluding carboxylic acids is 1. The summed E-state index contributed by atoms with van der Waals surface area (Å²) in [6, 6.07) is 4.53. The van der Waals surface area contributed by atoms with E-state index in [0.29, 0.717) is 19.4 Å². The number of ketones is 1. The molecule has 0 radical (unpaired) electrons. The highest BCUT2D eigenvalue weighted by atomic mass is 19.1. The van der Waals surface area contributed by atoms with Crippen molar-refractivity contribution in [2.24, 2.45) is 0 Å². The average molecular weight is 224 g/mol. The zero-order chi connectivity index (χ0) is 12.0. The maximum absolute atomic E-state index is 12.8. The molecule has 0 fully saturated rings. The molecule has 0 bridgehead atoms. The van der Waals surface area contributed by atoms with Gasteiger partial charge in [0.25, 0.3) is 0 Å². The third-order valence-electron chi connectivity index (χ3n) is 2.50. The van der Waals surface area contributed by atoms with Crippen molar-refractivity contribution in [1.29, 1.82) is 0 Å². The third kappa shape index (κ3) is 4.11. The van der Waals surface area contributed by atoms with Gasteiger partial charge in [0.1, 0.15) is 11.6 Å². The van der Waals surface area contributed by atoms with E-state index in [0.717, 1.165) is 17.5 Å². The summed E-state index contributed by atoms with van der Waals surface area (Å²) >= 11 is 0. The SMILES string of the molecule is COCCCC(=O)Cc1ccc(F)cc1C. The van der Waals surface area contributed by atoms with Crippen LogP contribution in [0.4, 0.5) is 4.39 Å². The molecule has 0 aliphatic heterocycles. The molecule has 0 amide bonds. The van der Waals surface area contributed by atoms with E-state index in [1.54, 1.807) is 13.2 Å². The van der Waals surface area contributed by atoms with E-state index in [1.807, 2.05) is 6.92 Å². The Labute approximate surface area is 95.4 Å². The second-order valence-corrected chi connectivity index (χ2v) is 3.88. The highest BCUT2D eigenvalue weighted by molar-refractivity contribution is 5.81. The maximum Gasteiger partial charge on any atom is 0.137 e. The fourth-order valence-electron chi connectivity index (χ4n) is 1.57. The van der Waals surface area contributed by atoms with Crippen LogP contribution in [0.2, 0.25) is 0 Å². The molecular weight excluding hydrogens is 207 g/mol. The van der Waals surface area contributed by atoms with Gasteiger partial charge in [-0.25, -0.2) is 4.39 Å². The molecular formula is C13H17FO2. The van der Waals surface area contributed by atoms with Gasteiger partial charge in [0.15, 0.2) is 0 Å². The lowest BCUT2D eigenvalue weighted by Gasteiger charge is -2.05. The van der Waals surface area contributed by atoms with Crippen LogP contribution in [0.5, 0.6) is 0 Å². The molecule has 88 valence electrons. The monoisotopic (exact) mass is 224 g/mol. The van der Waals surface area contributed by atoms with Crippen molar-refractivity contribution in [1.82, 2.24) is 0 Å². The van der Waals surface area contributed by atoms with Crippen molar-refractivity contribution in [2.75, 3.05) is 13.7 Å². The number of ether oxygens (including phenoxy) is 1. The van der Waals surface area contributed by atoms with Gasteiger partial charge >= 0.3 is 0 Å². The number of aryl methyl sites for hydroxylation is 1.